The van der Waals surface area contributed by atoms with Gasteiger partial charge >= 0.3 is 6.29 Å². The van der Waals surface area contributed by atoms with Crippen molar-refractivity contribution in [2.45, 2.75) is 45.3 Å². The molecule has 34 heavy (non-hydrogen) atoms. The Morgan fingerprint density at radius 2 is 1.32 bits per heavy atom. The fourth-order valence-electron chi connectivity index (χ4n) is 4.47. The number of aryl methyl sites for hydroxylation is 4. The largest absolute Gasteiger partial charge is 0.586 e. The molecule has 1 heterocycles. The number of hydrogen-bond acceptors (Lipinski definition) is 4. The second-order valence-corrected chi connectivity index (χ2v) is 12.1. The maximum Gasteiger partial charge on any atom is 0.586 e. The Morgan fingerprint density at radius 1 is 0.853 bits per heavy atom. The van der Waals surface area contributed by atoms with Gasteiger partial charge in [0.05, 0.1) is 6.61 Å². The molecule has 180 valence electrons. The first kappa shape index (κ1) is 25.0. The van der Waals surface area contributed by atoms with Crippen LogP contribution in [0, 0.1) is 27.7 Å². The molecule has 0 aliphatic carbocycles. The third-order valence-electron chi connectivity index (χ3n) is 5.64. The zero-order chi connectivity index (χ0) is 24.8. The summed E-state index contributed by atoms with van der Waals surface area (Å²) in [6, 6.07) is 13.2. The number of benzene rings is 3. The zero-order valence-electron chi connectivity index (χ0n) is 19.7. The Kier molecular flexibility index (Phi) is 6.73. The van der Waals surface area contributed by atoms with Gasteiger partial charge in [0.15, 0.2) is 18.6 Å². The molecule has 0 aromatic heterocycles. The van der Waals surface area contributed by atoms with Crippen LogP contribution in [0.15, 0.2) is 42.5 Å². The molecule has 0 radical (unpaired) electrons. The van der Waals surface area contributed by atoms with Crippen LogP contribution < -0.4 is 30.1 Å². The highest BCUT2D eigenvalue weighted by molar-refractivity contribution is 14.1. The molecule has 8 heteroatoms. The molecule has 1 aliphatic rings. The van der Waals surface area contributed by atoms with Crippen LogP contribution in [0.25, 0.3) is 0 Å². The summed E-state index contributed by atoms with van der Waals surface area (Å²) in [6.45, 7) is 9.78. The van der Waals surface area contributed by atoms with Gasteiger partial charge in [-0.3, -0.25) is 0 Å². The van der Waals surface area contributed by atoms with Crippen LogP contribution in [0.2, 0.25) is 0 Å². The Labute approximate surface area is 212 Å². The van der Waals surface area contributed by atoms with Gasteiger partial charge in [-0.05, 0) is 65.0 Å². The van der Waals surface area contributed by atoms with E-state index in [0.29, 0.717) is 25.9 Å². The van der Waals surface area contributed by atoms with Gasteiger partial charge < -0.3 is 18.8 Å². The van der Waals surface area contributed by atoms with Gasteiger partial charge in [-0.2, -0.15) is 0 Å². The fourth-order valence-corrected chi connectivity index (χ4v) is 8.79. The predicted octanol–water partition coefficient (Wildman–Crippen LogP) is 6.21. The molecule has 3 aromatic carbocycles. The van der Waals surface area contributed by atoms with E-state index in [-0.39, 0.29) is 23.9 Å². The van der Waals surface area contributed by atoms with E-state index < -0.39 is 13.4 Å². The minimum Gasteiger partial charge on any atom is -0.490 e. The minimum atomic E-state index is -3.82. The number of alkyl halides is 3. The second-order valence-electron chi connectivity index (χ2n) is 8.57. The van der Waals surface area contributed by atoms with Crippen molar-refractivity contribution in [3.8, 4) is 17.2 Å². The Bertz CT molecular complexity index is 1230. The van der Waals surface area contributed by atoms with Gasteiger partial charge in [0.2, 0.25) is 5.75 Å². The second kappa shape index (κ2) is 9.15. The van der Waals surface area contributed by atoms with E-state index in [2.05, 4.69) is 22.6 Å². The Hall–Kier alpha value is -2.12. The molecule has 0 N–H and O–H groups in total. The summed E-state index contributed by atoms with van der Waals surface area (Å²) in [5.41, 5.74) is 4.28. The molecule has 0 saturated carbocycles. The van der Waals surface area contributed by atoms with Crippen molar-refractivity contribution >= 4 is 45.6 Å². The van der Waals surface area contributed by atoms with Crippen molar-refractivity contribution in [2.24, 2.45) is 0 Å². The molecule has 3 aromatic rings. The first-order valence-corrected chi connectivity index (χ1v) is 14.1. The van der Waals surface area contributed by atoms with E-state index in [1.54, 1.807) is 13.0 Å². The molecular weight excluding hydrogens is 572 g/mol. The monoisotopic (exact) mass is 598 g/mol. The van der Waals surface area contributed by atoms with Crippen LogP contribution in [0.1, 0.15) is 34.7 Å². The highest BCUT2D eigenvalue weighted by Gasteiger charge is 2.48. The van der Waals surface area contributed by atoms with Crippen molar-refractivity contribution in [3.63, 3.8) is 0 Å². The number of fused-ring (bicyclic) bond motifs is 1. The van der Waals surface area contributed by atoms with Crippen molar-refractivity contribution in [1.29, 1.82) is 0 Å². The SMILES string of the molecule is CCOc1cc(P(=O)(c2cc(C)cc(C)c2)c2cc(C)cc(C)c2)c(CI)c2c1OC(F)(F)O2. The number of hydrogen-bond donors (Lipinski definition) is 0. The summed E-state index contributed by atoms with van der Waals surface area (Å²) in [7, 11) is -3.53. The topological polar surface area (TPSA) is 44.8 Å². The van der Waals surface area contributed by atoms with Gasteiger partial charge in [-0.25, -0.2) is 0 Å². The molecule has 0 fully saturated rings. The fraction of sp³-hybridized carbons (Fsp3) is 0.308. The van der Waals surface area contributed by atoms with Gasteiger partial charge in [0.25, 0.3) is 0 Å². The summed E-state index contributed by atoms with van der Waals surface area (Å²) in [4.78, 5) is 0. The standard InChI is InChI=1S/C26H26F2IO4P/c1-6-31-22-13-23(21(14-29)24-25(22)33-26(27,28)32-24)34(30,19-9-15(2)7-16(3)10-19)20-11-17(4)8-18(5)12-20/h7-13H,6,14H2,1-5H3. The molecular formula is C26H26F2IO4P. The van der Waals surface area contributed by atoms with E-state index in [9.17, 15) is 8.78 Å². The quantitative estimate of drug-likeness (QED) is 0.192. The number of ether oxygens (including phenoxy) is 3. The molecule has 0 saturated heterocycles. The van der Waals surface area contributed by atoms with Gasteiger partial charge in [-0.15, -0.1) is 8.78 Å². The van der Waals surface area contributed by atoms with Crippen LogP contribution in [0.4, 0.5) is 8.78 Å². The lowest BCUT2D eigenvalue weighted by atomic mass is 10.1. The van der Waals surface area contributed by atoms with Crippen LogP contribution in [-0.2, 0) is 8.99 Å². The van der Waals surface area contributed by atoms with Crippen LogP contribution in [0.3, 0.4) is 0 Å². The lowest BCUT2D eigenvalue weighted by molar-refractivity contribution is -0.287. The van der Waals surface area contributed by atoms with Gasteiger partial charge in [-0.1, -0.05) is 57.0 Å². The number of halogens is 3. The molecule has 0 bridgehead atoms. The van der Waals surface area contributed by atoms with Crippen LogP contribution >= 0.6 is 29.7 Å². The van der Waals surface area contributed by atoms with E-state index in [0.717, 1.165) is 22.3 Å². The summed E-state index contributed by atoms with van der Waals surface area (Å²) in [5, 5.41) is 1.68. The van der Waals surface area contributed by atoms with Crippen molar-refractivity contribution < 1.29 is 27.6 Å². The summed E-state index contributed by atoms with van der Waals surface area (Å²) in [5.74, 6) is -0.184. The Morgan fingerprint density at radius 3 is 1.76 bits per heavy atom. The van der Waals surface area contributed by atoms with E-state index >= 15 is 4.57 Å². The molecule has 1 aliphatic heterocycles. The molecule has 4 nitrogen and oxygen atoms in total. The van der Waals surface area contributed by atoms with Crippen LogP contribution in [0.5, 0.6) is 17.2 Å². The summed E-state index contributed by atoms with van der Waals surface area (Å²) >= 11 is 2.08. The van der Waals surface area contributed by atoms with Gasteiger partial charge in [0.1, 0.15) is 0 Å². The van der Waals surface area contributed by atoms with E-state index in [1.807, 2.05) is 64.1 Å². The lowest BCUT2D eigenvalue weighted by Gasteiger charge is -2.25. The van der Waals surface area contributed by atoms with E-state index in [4.69, 9.17) is 14.2 Å². The first-order chi connectivity index (χ1) is 16.0. The summed E-state index contributed by atoms with van der Waals surface area (Å²) in [6.07, 6.45) is -3.82. The highest BCUT2D eigenvalue weighted by Crippen LogP contribution is 2.54. The molecule has 0 unspecified atom stereocenters. The lowest BCUT2D eigenvalue weighted by Crippen LogP contribution is -2.29. The molecule has 4 rings (SSSR count). The third-order valence-corrected chi connectivity index (χ3v) is 9.45. The molecule has 0 amide bonds. The minimum absolute atomic E-state index is 0.0900. The highest BCUT2D eigenvalue weighted by atomic mass is 127. The maximum absolute atomic E-state index is 15.4. The van der Waals surface area contributed by atoms with Gasteiger partial charge in [0, 0.05) is 25.9 Å². The summed E-state index contributed by atoms with van der Waals surface area (Å²) < 4.78 is 59.5. The van der Waals surface area contributed by atoms with Crippen LogP contribution in [-0.4, -0.2) is 12.9 Å². The van der Waals surface area contributed by atoms with Crippen molar-refractivity contribution in [3.05, 3.63) is 70.3 Å². The third kappa shape index (κ3) is 4.44. The average Bonchev–Trinajstić information content (AvgIpc) is 3.07. The molecule has 0 spiro atoms. The normalized spacial score (nSPS) is 14.4. The Balaban J connectivity index is 2.13. The average molecular weight is 598 g/mol. The van der Waals surface area contributed by atoms with E-state index in [1.165, 1.54) is 0 Å². The molecule has 0 atom stereocenters. The zero-order valence-corrected chi connectivity index (χ0v) is 22.7. The van der Waals surface area contributed by atoms with Crippen molar-refractivity contribution in [2.75, 3.05) is 6.61 Å². The van der Waals surface area contributed by atoms with Crippen molar-refractivity contribution in [1.82, 2.24) is 0 Å². The maximum atomic E-state index is 15.4. The predicted molar refractivity (Wildman–Crippen MR) is 140 cm³/mol. The first-order valence-electron chi connectivity index (χ1n) is 10.9. The number of rotatable bonds is 6. The smallest absolute Gasteiger partial charge is 0.490 e.